The lowest BCUT2D eigenvalue weighted by Crippen LogP contribution is -2.44. The van der Waals surface area contributed by atoms with Gasteiger partial charge in [0.2, 0.25) is 0 Å². The maximum absolute atomic E-state index is 12.2. The Bertz CT molecular complexity index is 434. The molecule has 1 amide bonds. The van der Waals surface area contributed by atoms with Gasteiger partial charge in [-0.2, -0.15) is 5.10 Å². The fourth-order valence-corrected chi connectivity index (χ4v) is 1.91. The van der Waals surface area contributed by atoms with E-state index in [1.54, 1.807) is 0 Å². The highest BCUT2D eigenvalue weighted by molar-refractivity contribution is 5.97. The number of carbonyl (C=O) groups is 1. The van der Waals surface area contributed by atoms with Crippen LogP contribution in [0.3, 0.4) is 0 Å². The first-order valence-corrected chi connectivity index (χ1v) is 6.55. The fourth-order valence-electron chi connectivity index (χ4n) is 1.91. The molecule has 6 heteroatoms. The SMILES string of the molecule is CCc1[nH]nc(C(=O)NC(CCO)C(C)(C)C)c1N. The molecule has 5 N–H and O–H groups in total. The Morgan fingerprint density at radius 3 is 2.58 bits per heavy atom. The Hall–Kier alpha value is -1.56. The molecule has 0 aliphatic heterocycles. The van der Waals surface area contributed by atoms with Crippen LogP contribution in [0.25, 0.3) is 0 Å². The molecule has 108 valence electrons. The summed E-state index contributed by atoms with van der Waals surface area (Å²) in [5.41, 5.74) is 7.12. The van der Waals surface area contributed by atoms with Crippen molar-refractivity contribution in [3.8, 4) is 0 Å². The number of hydrogen-bond donors (Lipinski definition) is 4. The average molecular weight is 268 g/mol. The number of nitrogens with one attached hydrogen (secondary N) is 2. The molecule has 6 nitrogen and oxygen atoms in total. The lowest BCUT2D eigenvalue weighted by molar-refractivity contribution is 0.0881. The maximum atomic E-state index is 12.2. The molecule has 0 saturated heterocycles. The minimum absolute atomic E-state index is 0.0263. The lowest BCUT2D eigenvalue weighted by Gasteiger charge is -2.30. The predicted molar refractivity (Wildman–Crippen MR) is 74.8 cm³/mol. The number of nitrogens with zero attached hydrogens (tertiary/aromatic N) is 1. The largest absolute Gasteiger partial charge is 0.396 e. The van der Waals surface area contributed by atoms with Crippen molar-refractivity contribution < 1.29 is 9.90 Å². The molecule has 0 spiro atoms. The van der Waals surface area contributed by atoms with E-state index in [1.807, 2.05) is 27.7 Å². The van der Waals surface area contributed by atoms with Crippen molar-refractivity contribution in [2.24, 2.45) is 5.41 Å². The van der Waals surface area contributed by atoms with E-state index < -0.39 is 0 Å². The first-order chi connectivity index (χ1) is 8.81. The number of aliphatic hydroxyl groups is 1. The Kier molecular flexibility index (Phi) is 4.94. The summed E-state index contributed by atoms with van der Waals surface area (Å²) in [5.74, 6) is -0.304. The van der Waals surface area contributed by atoms with Gasteiger partial charge in [0, 0.05) is 12.6 Å². The van der Waals surface area contributed by atoms with E-state index in [0.717, 1.165) is 5.69 Å². The van der Waals surface area contributed by atoms with E-state index in [1.165, 1.54) is 0 Å². The Labute approximate surface area is 113 Å². The van der Waals surface area contributed by atoms with Gasteiger partial charge in [-0.3, -0.25) is 9.89 Å². The van der Waals surface area contributed by atoms with E-state index in [-0.39, 0.29) is 29.7 Å². The van der Waals surface area contributed by atoms with Gasteiger partial charge in [-0.1, -0.05) is 27.7 Å². The van der Waals surface area contributed by atoms with Crippen molar-refractivity contribution in [3.05, 3.63) is 11.4 Å². The number of aromatic nitrogens is 2. The van der Waals surface area contributed by atoms with Gasteiger partial charge in [-0.25, -0.2) is 0 Å². The number of aryl methyl sites for hydroxylation is 1. The minimum atomic E-state index is -0.304. The Morgan fingerprint density at radius 1 is 1.53 bits per heavy atom. The molecule has 0 fully saturated rings. The van der Waals surface area contributed by atoms with E-state index >= 15 is 0 Å². The molecule has 19 heavy (non-hydrogen) atoms. The van der Waals surface area contributed by atoms with Gasteiger partial charge < -0.3 is 16.2 Å². The zero-order valence-corrected chi connectivity index (χ0v) is 12.1. The number of amides is 1. The summed E-state index contributed by atoms with van der Waals surface area (Å²) in [5, 5.41) is 18.7. The molecule has 1 aromatic heterocycles. The molecule has 1 heterocycles. The number of aromatic amines is 1. The summed E-state index contributed by atoms with van der Waals surface area (Å²) in [6.07, 6.45) is 1.20. The van der Waals surface area contributed by atoms with Crippen molar-refractivity contribution in [2.75, 3.05) is 12.3 Å². The van der Waals surface area contributed by atoms with E-state index in [0.29, 0.717) is 18.5 Å². The monoisotopic (exact) mass is 268 g/mol. The van der Waals surface area contributed by atoms with Crippen LogP contribution in [-0.4, -0.2) is 33.9 Å². The van der Waals surface area contributed by atoms with Gasteiger partial charge in [-0.15, -0.1) is 0 Å². The Balaban J connectivity index is 2.85. The summed E-state index contributed by atoms with van der Waals surface area (Å²) in [4.78, 5) is 12.2. The van der Waals surface area contributed by atoms with E-state index in [9.17, 15) is 4.79 Å². The number of aliphatic hydroxyl groups excluding tert-OH is 1. The van der Waals surface area contributed by atoms with Crippen LogP contribution in [0.4, 0.5) is 5.69 Å². The highest BCUT2D eigenvalue weighted by Crippen LogP contribution is 2.23. The molecule has 0 bridgehead atoms. The molecule has 0 aliphatic carbocycles. The molecule has 1 rings (SSSR count). The van der Waals surface area contributed by atoms with Crippen LogP contribution in [-0.2, 0) is 6.42 Å². The second kappa shape index (κ2) is 6.06. The van der Waals surface area contributed by atoms with Crippen molar-refractivity contribution in [1.29, 1.82) is 0 Å². The van der Waals surface area contributed by atoms with Gasteiger partial charge in [-0.05, 0) is 18.3 Å². The second-order valence-corrected chi connectivity index (χ2v) is 5.72. The van der Waals surface area contributed by atoms with E-state index in [2.05, 4.69) is 15.5 Å². The molecule has 1 aromatic rings. The predicted octanol–water partition coefficient (Wildman–Crippen LogP) is 1.08. The number of nitrogen functional groups attached to an aromatic ring is 1. The first-order valence-electron chi connectivity index (χ1n) is 6.55. The Morgan fingerprint density at radius 2 is 2.16 bits per heavy atom. The number of anilines is 1. The molecule has 1 atom stereocenters. The van der Waals surface area contributed by atoms with Crippen LogP contribution in [0, 0.1) is 5.41 Å². The van der Waals surface area contributed by atoms with Gasteiger partial charge in [0.25, 0.3) is 5.91 Å². The van der Waals surface area contributed by atoms with Gasteiger partial charge in [0.15, 0.2) is 5.69 Å². The number of H-pyrrole nitrogens is 1. The van der Waals surface area contributed by atoms with E-state index in [4.69, 9.17) is 10.8 Å². The standard InChI is InChI=1S/C13H24N4O2/c1-5-8-10(14)11(17-16-8)12(19)15-9(6-7-18)13(2,3)4/h9,18H,5-7,14H2,1-4H3,(H,15,19)(H,16,17). The summed E-state index contributed by atoms with van der Waals surface area (Å²) in [7, 11) is 0. The highest BCUT2D eigenvalue weighted by Gasteiger charge is 2.27. The third kappa shape index (κ3) is 3.70. The van der Waals surface area contributed by atoms with Crippen LogP contribution in [0.2, 0.25) is 0 Å². The third-order valence-corrected chi connectivity index (χ3v) is 3.22. The molecule has 0 aromatic carbocycles. The quantitative estimate of drug-likeness (QED) is 0.641. The smallest absolute Gasteiger partial charge is 0.274 e. The lowest BCUT2D eigenvalue weighted by atomic mass is 9.85. The van der Waals surface area contributed by atoms with Crippen LogP contribution in [0.1, 0.15) is 50.3 Å². The van der Waals surface area contributed by atoms with Gasteiger partial charge in [0.05, 0.1) is 11.4 Å². The highest BCUT2D eigenvalue weighted by atomic mass is 16.3. The van der Waals surface area contributed by atoms with Crippen molar-refractivity contribution in [3.63, 3.8) is 0 Å². The zero-order chi connectivity index (χ0) is 14.6. The molecule has 0 saturated carbocycles. The molecule has 0 aliphatic rings. The zero-order valence-electron chi connectivity index (χ0n) is 12.1. The van der Waals surface area contributed by atoms with Gasteiger partial charge >= 0.3 is 0 Å². The number of carbonyl (C=O) groups excluding carboxylic acids is 1. The van der Waals surface area contributed by atoms with Crippen molar-refractivity contribution in [1.82, 2.24) is 15.5 Å². The van der Waals surface area contributed by atoms with Crippen molar-refractivity contribution in [2.45, 2.75) is 46.6 Å². The third-order valence-electron chi connectivity index (χ3n) is 3.22. The van der Waals surface area contributed by atoms with Crippen LogP contribution in [0.15, 0.2) is 0 Å². The number of rotatable bonds is 5. The minimum Gasteiger partial charge on any atom is -0.396 e. The van der Waals surface area contributed by atoms with Gasteiger partial charge in [0.1, 0.15) is 0 Å². The molecular formula is C13H24N4O2. The maximum Gasteiger partial charge on any atom is 0.274 e. The fraction of sp³-hybridized carbons (Fsp3) is 0.692. The summed E-state index contributed by atoms with van der Waals surface area (Å²) in [6, 6.07) is -0.133. The molecular weight excluding hydrogens is 244 g/mol. The topological polar surface area (TPSA) is 104 Å². The van der Waals surface area contributed by atoms with Crippen molar-refractivity contribution >= 4 is 11.6 Å². The summed E-state index contributed by atoms with van der Waals surface area (Å²) >= 11 is 0. The van der Waals surface area contributed by atoms with Crippen LogP contribution in [0.5, 0.6) is 0 Å². The number of nitrogens with two attached hydrogens (primary N) is 1. The average Bonchev–Trinajstić information content (AvgIpc) is 2.68. The number of hydrogen-bond acceptors (Lipinski definition) is 4. The normalized spacial score (nSPS) is 13.3. The van der Waals surface area contributed by atoms with Crippen LogP contribution < -0.4 is 11.1 Å². The first kappa shape index (κ1) is 15.5. The summed E-state index contributed by atoms with van der Waals surface area (Å²) < 4.78 is 0. The summed E-state index contributed by atoms with van der Waals surface area (Å²) in [6.45, 7) is 8.00. The molecule has 1 unspecified atom stereocenters. The van der Waals surface area contributed by atoms with Crippen LogP contribution >= 0.6 is 0 Å². The molecule has 0 radical (unpaired) electrons. The second-order valence-electron chi connectivity index (χ2n) is 5.72.